The zero-order valence-corrected chi connectivity index (χ0v) is 18.0. The fraction of sp³-hybridized carbons (Fsp3) is 0.0870. The van der Waals surface area contributed by atoms with Gasteiger partial charge in [0, 0.05) is 35.1 Å². The summed E-state index contributed by atoms with van der Waals surface area (Å²) in [5.74, 6) is -2.58. The molecule has 0 radical (unpaired) electrons. The highest BCUT2D eigenvalue weighted by Crippen LogP contribution is 2.44. The number of hydrogen-bond acceptors (Lipinski definition) is 6. The lowest BCUT2D eigenvalue weighted by Crippen LogP contribution is -2.10. The van der Waals surface area contributed by atoms with Gasteiger partial charge >= 0.3 is 5.97 Å². The SMILES string of the molecule is CC(=O)OCOc1cc2oc3c(Br)c(=O)c(F)cc-3c(-c3ccc(C=O)cc3)c2cc1F. The molecule has 0 saturated carbocycles. The Kier molecular flexibility index (Phi) is 5.75. The minimum absolute atomic E-state index is 0.0518. The van der Waals surface area contributed by atoms with E-state index in [0.29, 0.717) is 23.0 Å². The van der Waals surface area contributed by atoms with Gasteiger partial charge in [-0.1, -0.05) is 24.3 Å². The number of ether oxygens (including phenoxy) is 2. The maximum Gasteiger partial charge on any atom is 0.305 e. The monoisotopic (exact) mass is 502 g/mol. The van der Waals surface area contributed by atoms with Crippen molar-refractivity contribution in [1.29, 1.82) is 0 Å². The zero-order valence-electron chi connectivity index (χ0n) is 16.4. The van der Waals surface area contributed by atoms with Crippen molar-refractivity contribution in [2.24, 2.45) is 0 Å². The average Bonchev–Trinajstić information content (AvgIpc) is 2.77. The van der Waals surface area contributed by atoms with Crippen molar-refractivity contribution < 1.29 is 32.3 Å². The van der Waals surface area contributed by atoms with E-state index in [9.17, 15) is 23.2 Å². The molecule has 1 heterocycles. The van der Waals surface area contributed by atoms with Gasteiger partial charge in [0.25, 0.3) is 0 Å². The van der Waals surface area contributed by atoms with Crippen molar-refractivity contribution in [3.63, 3.8) is 0 Å². The highest BCUT2D eigenvalue weighted by Gasteiger charge is 2.24. The molecule has 0 atom stereocenters. The Balaban J connectivity index is 2.02. The quantitative estimate of drug-likeness (QED) is 0.159. The number of hydrogen-bond donors (Lipinski definition) is 0. The summed E-state index contributed by atoms with van der Waals surface area (Å²) in [5.41, 5.74) is 0.829. The molecule has 0 fully saturated rings. The molecule has 0 aromatic heterocycles. The second-order valence-electron chi connectivity index (χ2n) is 6.77. The maximum atomic E-state index is 14.8. The predicted octanol–water partition coefficient (Wildman–Crippen LogP) is 5.32. The first kappa shape index (κ1) is 21.6. The van der Waals surface area contributed by atoms with Gasteiger partial charge in [-0.2, -0.15) is 0 Å². The Bertz CT molecular complexity index is 1390. The van der Waals surface area contributed by atoms with Gasteiger partial charge in [0.15, 0.2) is 23.1 Å². The zero-order chi connectivity index (χ0) is 23.0. The Morgan fingerprint density at radius 3 is 2.50 bits per heavy atom. The maximum absolute atomic E-state index is 14.8. The third kappa shape index (κ3) is 3.87. The Morgan fingerprint density at radius 1 is 1.12 bits per heavy atom. The minimum atomic E-state index is -1.01. The van der Waals surface area contributed by atoms with E-state index in [1.807, 2.05) is 0 Å². The summed E-state index contributed by atoms with van der Waals surface area (Å²) < 4.78 is 44.6. The third-order valence-electron chi connectivity index (χ3n) is 4.73. The molecule has 6 nitrogen and oxygen atoms in total. The number of halogens is 3. The van der Waals surface area contributed by atoms with Crippen molar-refractivity contribution in [3.05, 3.63) is 74.4 Å². The number of esters is 1. The van der Waals surface area contributed by atoms with E-state index >= 15 is 0 Å². The summed E-state index contributed by atoms with van der Waals surface area (Å²) in [5, 5.41) is 0.277. The van der Waals surface area contributed by atoms with Crippen LogP contribution in [0.5, 0.6) is 5.75 Å². The summed E-state index contributed by atoms with van der Waals surface area (Å²) in [7, 11) is 0. The molecule has 0 amide bonds. The van der Waals surface area contributed by atoms with Crippen LogP contribution in [-0.2, 0) is 9.53 Å². The summed E-state index contributed by atoms with van der Waals surface area (Å²) >= 11 is 3.08. The lowest BCUT2D eigenvalue weighted by atomic mass is 9.93. The van der Waals surface area contributed by atoms with Crippen molar-refractivity contribution in [2.75, 3.05) is 6.79 Å². The molecule has 0 saturated heterocycles. The van der Waals surface area contributed by atoms with Crippen molar-refractivity contribution >= 4 is 39.2 Å². The molecule has 9 heteroatoms. The Labute approximate surface area is 187 Å². The van der Waals surface area contributed by atoms with Crippen molar-refractivity contribution in [3.8, 4) is 28.2 Å². The van der Waals surface area contributed by atoms with E-state index in [0.717, 1.165) is 12.1 Å². The van der Waals surface area contributed by atoms with E-state index in [1.54, 1.807) is 24.3 Å². The Morgan fingerprint density at radius 2 is 1.84 bits per heavy atom. The normalized spacial score (nSPS) is 11.0. The van der Waals surface area contributed by atoms with Gasteiger partial charge in [0.05, 0.1) is 0 Å². The van der Waals surface area contributed by atoms with Gasteiger partial charge in [-0.05, 0) is 33.6 Å². The summed E-state index contributed by atoms with van der Waals surface area (Å²) in [4.78, 5) is 34.1. The van der Waals surface area contributed by atoms with Gasteiger partial charge in [0.1, 0.15) is 16.3 Å². The van der Waals surface area contributed by atoms with Crippen LogP contribution < -0.4 is 10.2 Å². The molecule has 0 spiro atoms. The van der Waals surface area contributed by atoms with Crippen molar-refractivity contribution in [1.82, 2.24) is 0 Å². The fourth-order valence-corrected chi connectivity index (χ4v) is 3.75. The lowest BCUT2D eigenvalue weighted by molar-refractivity contribution is -0.147. The first-order valence-corrected chi connectivity index (χ1v) is 9.99. The van der Waals surface area contributed by atoms with E-state index < -0.39 is 29.8 Å². The van der Waals surface area contributed by atoms with Crippen LogP contribution in [0.3, 0.4) is 0 Å². The van der Waals surface area contributed by atoms with Crippen LogP contribution in [0.1, 0.15) is 17.3 Å². The van der Waals surface area contributed by atoms with E-state index in [-0.39, 0.29) is 32.5 Å². The molecule has 0 bridgehead atoms. The molecule has 1 aliphatic heterocycles. The van der Waals surface area contributed by atoms with Gasteiger partial charge in [-0.15, -0.1) is 0 Å². The molecule has 162 valence electrons. The molecule has 0 N–H and O–H groups in total. The van der Waals surface area contributed by atoms with Crippen LogP contribution >= 0.6 is 15.9 Å². The van der Waals surface area contributed by atoms with Gasteiger partial charge in [-0.3, -0.25) is 14.4 Å². The fourth-order valence-electron chi connectivity index (χ4n) is 3.26. The number of aldehydes is 1. The minimum Gasteiger partial charge on any atom is -0.455 e. The van der Waals surface area contributed by atoms with Gasteiger partial charge in [0.2, 0.25) is 12.2 Å². The standard InChI is InChI=1S/C23H13BrF2O6/c1-11(28)30-10-31-19-8-18-14(6-16(19)25)20(13-4-2-12(9-27)3-5-13)15-7-17(26)22(29)21(24)23(15)32-18/h2-9H,10H2,1H3. The Hall–Kier alpha value is -3.59. The number of benzene rings is 3. The number of carbonyl (C=O) groups excluding carboxylic acids is 2. The van der Waals surface area contributed by atoms with E-state index in [4.69, 9.17) is 9.15 Å². The molecule has 2 aromatic carbocycles. The van der Waals surface area contributed by atoms with Crippen LogP contribution in [0.25, 0.3) is 33.4 Å². The molecule has 0 unspecified atom stereocenters. The molecular weight excluding hydrogens is 490 g/mol. The highest BCUT2D eigenvalue weighted by molar-refractivity contribution is 9.10. The van der Waals surface area contributed by atoms with Crippen LogP contribution in [0.2, 0.25) is 0 Å². The molecule has 2 aromatic rings. The number of fused-ring (bicyclic) bond motifs is 2. The van der Waals surface area contributed by atoms with Gasteiger partial charge < -0.3 is 13.9 Å². The number of rotatable bonds is 5. The number of carbonyl (C=O) groups is 2. The first-order valence-electron chi connectivity index (χ1n) is 9.20. The molecule has 2 aliphatic rings. The van der Waals surface area contributed by atoms with Crippen LogP contribution in [0, 0.1) is 11.6 Å². The first-order chi connectivity index (χ1) is 15.3. The third-order valence-corrected chi connectivity index (χ3v) is 5.45. The second-order valence-corrected chi connectivity index (χ2v) is 7.56. The molecule has 32 heavy (non-hydrogen) atoms. The van der Waals surface area contributed by atoms with Crippen LogP contribution in [-0.4, -0.2) is 19.0 Å². The topological polar surface area (TPSA) is 82.8 Å². The van der Waals surface area contributed by atoms with E-state index in [2.05, 4.69) is 20.7 Å². The van der Waals surface area contributed by atoms with E-state index in [1.165, 1.54) is 13.0 Å². The van der Waals surface area contributed by atoms with Crippen LogP contribution in [0.15, 0.2) is 56.1 Å². The molecular formula is C23H13BrF2O6. The second kappa shape index (κ2) is 8.51. The molecule has 4 rings (SSSR count). The van der Waals surface area contributed by atoms with Gasteiger partial charge in [-0.25, -0.2) is 8.78 Å². The lowest BCUT2D eigenvalue weighted by Gasteiger charge is -2.17. The summed E-state index contributed by atoms with van der Waals surface area (Å²) in [6.45, 7) is 0.673. The van der Waals surface area contributed by atoms with Crippen LogP contribution in [0.4, 0.5) is 8.78 Å². The smallest absolute Gasteiger partial charge is 0.305 e. The highest BCUT2D eigenvalue weighted by atomic mass is 79.9. The summed E-state index contributed by atoms with van der Waals surface area (Å²) in [6, 6.07) is 9.78. The van der Waals surface area contributed by atoms with Crippen molar-refractivity contribution in [2.45, 2.75) is 6.92 Å². The molecule has 1 aliphatic carbocycles. The average molecular weight is 503 g/mol. The summed E-state index contributed by atoms with van der Waals surface area (Å²) in [6.07, 6.45) is 0.673. The predicted molar refractivity (Wildman–Crippen MR) is 115 cm³/mol. The largest absolute Gasteiger partial charge is 0.455 e.